The summed E-state index contributed by atoms with van der Waals surface area (Å²) in [6.07, 6.45) is 3.78. The predicted octanol–water partition coefficient (Wildman–Crippen LogP) is 4.66. The highest BCUT2D eigenvalue weighted by atomic mass is 32.1. The maximum absolute atomic E-state index is 9.80. The number of H-pyrrole nitrogens is 1. The van der Waals surface area contributed by atoms with E-state index >= 15 is 0 Å². The number of nitrogens with one attached hydrogen (secondary N) is 1. The molecular formula is C17H12N2OS. The Morgan fingerprint density at radius 1 is 1.10 bits per heavy atom. The molecule has 0 aliphatic rings. The molecule has 4 rings (SSSR count). The van der Waals surface area contributed by atoms with Crippen LogP contribution in [0.5, 0.6) is 5.75 Å². The van der Waals surface area contributed by atoms with Crippen molar-refractivity contribution in [2.24, 2.45) is 0 Å². The number of hydrogen-bond acceptors (Lipinski definition) is 3. The number of phenols is 1. The molecule has 0 saturated carbocycles. The van der Waals surface area contributed by atoms with Crippen molar-refractivity contribution in [1.82, 2.24) is 9.97 Å². The molecule has 3 nitrogen and oxygen atoms in total. The van der Waals surface area contributed by atoms with E-state index in [0.717, 1.165) is 33.3 Å². The number of aromatic nitrogens is 2. The number of hydrogen-bond donors (Lipinski definition) is 2. The van der Waals surface area contributed by atoms with E-state index in [9.17, 15) is 5.11 Å². The van der Waals surface area contributed by atoms with E-state index < -0.39 is 0 Å². The van der Waals surface area contributed by atoms with Crippen LogP contribution in [-0.4, -0.2) is 15.1 Å². The number of thiophene rings is 1. The minimum Gasteiger partial charge on any atom is -0.508 e. The lowest BCUT2D eigenvalue weighted by Crippen LogP contribution is -1.88. The summed E-state index contributed by atoms with van der Waals surface area (Å²) in [6, 6.07) is 11.5. The molecule has 0 amide bonds. The third-order valence-corrected chi connectivity index (χ3v) is 4.24. The molecule has 4 heteroatoms. The number of rotatable bonds is 2. The van der Waals surface area contributed by atoms with E-state index in [1.54, 1.807) is 23.5 Å². The molecule has 0 bridgehead atoms. The first-order chi connectivity index (χ1) is 10.3. The summed E-state index contributed by atoms with van der Waals surface area (Å²) in [5.41, 5.74) is 5.16. The monoisotopic (exact) mass is 292 g/mol. The minimum absolute atomic E-state index is 0.268. The Morgan fingerprint density at radius 3 is 2.86 bits per heavy atom. The van der Waals surface area contributed by atoms with Gasteiger partial charge in [0, 0.05) is 28.9 Å². The van der Waals surface area contributed by atoms with Crippen molar-refractivity contribution in [3.05, 3.63) is 59.6 Å². The molecule has 0 saturated heterocycles. The highest BCUT2D eigenvalue weighted by Gasteiger charge is 2.14. The molecule has 2 N–H and O–H groups in total. The van der Waals surface area contributed by atoms with Gasteiger partial charge in [-0.15, -0.1) is 0 Å². The molecule has 0 aliphatic carbocycles. The molecule has 1 aromatic carbocycles. The average molecular weight is 292 g/mol. The van der Waals surface area contributed by atoms with Gasteiger partial charge in [0.25, 0.3) is 0 Å². The Bertz CT molecular complexity index is 910. The highest BCUT2D eigenvalue weighted by molar-refractivity contribution is 7.08. The van der Waals surface area contributed by atoms with Crippen molar-refractivity contribution in [2.45, 2.75) is 0 Å². The van der Waals surface area contributed by atoms with Crippen LogP contribution >= 0.6 is 11.3 Å². The fraction of sp³-hybridized carbons (Fsp3) is 0. The third-order valence-electron chi connectivity index (χ3n) is 3.55. The Hall–Kier alpha value is -2.59. The summed E-state index contributed by atoms with van der Waals surface area (Å²) in [7, 11) is 0. The van der Waals surface area contributed by atoms with Gasteiger partial charge in [-0.2, -0.15) is 11.3 Å². The van der Waals surface area contributed by atoms with Gasteiger partial charge in [-0.05, 0) is 46.2 Å². The van der Waals surface area contributed by atoms with Crippen molar-refractivity contribution in [3.63, 3.8) is 0 Å². The van der Waals surface area contributed by atoms with Crippen LogP contribution < -0.4 is 0 Å². The van der Waals surface area contributed by atoms with Gasteiger partial charge in [-0.1, -0.05) is 12.1 Å². The van der Waals surface area contributed by atoms with Crippen LogP contribution in [0.3, 0.4) is 0 Å². The number of phenolic OH excluding ortho intramolecular Hbond substituents is 1. The first kappa shape index (κ1) is 12.2. The van der Waals surface area contributed by atoms with Gasteiger partial charge >= 0.3 is 0 Å². The maximum atomic E-state index is 9.80. The van der Waals surface area contributed by atoms with E-state index in [1.807, 2.05) is 30.6 Å². The quantitative estimate of drug-likeness (QED) is 0.564. The molecular weight excluding hydrogens is 280 g/mol. The van der Waals surface area contributed by atoms with Gasteiger partial charge in [0.2, 0.25) is 0 Å². The molecule has 3 heterocycles. The van der Waals surface area contributed by atoms with Gasteiger partial charge in [-0.3, -0.25) is 0 Å². The normalized spacial score (nSPS) is 11.0. The van der Waals surface area contributed by atoms with Crippen molar-refractivity contribution in [3.8, 4) is 28.0 Å². The van der Waals surface area contributed by atoms with Crippen molar-refractivity contribution in [1.29, 1.82) is 0 Å². The molecule has 0 radical (unpaired) electrons. The van der Waals surface area contributed by atoms with E-state index in [0.29, 0.717) is 0 Å². The first-order valence-corrected chi connectivity index (χ1v) is 7.55. The van der Waals surface area contributed by atoms with E-state index in [-0.39, 0.29) is 5.75 Å². The number of nitrogens with zero attached hydrogens (tertiary/aromatic N) is 1. The fourth-order valence-electron chi connectivity index (χ4n) is 2.62. The average Bonchev–Trinajstić information content (AvgIpc) is 3.17. The lowest BCUT2D eigenvalue weighted by molar-refractivity contribution is 0.475. The van der Waals surface area contributed by atoms with Crippen molar-refractivity contribution >= 4 is 22.4 Å². The Labute approximate surface area is 125 Å². The lowest BCUT2D eigenvalue weighted by atomic mass is 9.95. The van der Waals surface area contributed by atoms with Crippen molar-refractivity contribution < 1.29 is 5.11 Å². The van der Waals surface area contributed by atoms with Crippen LogP contribution in [0.15, 0.2) is 59.6 Å². The minimum atomic E-state index is 0.268. The standard InChI is InChI=1S/C17H12N2OS/c20-13-3-1-2-11(8-13)16-14-4-6-18-17(14)19-9-15(16)12-5-7-21-10-12/h1-10,20H,(H,18,19). The number of benzene rings is 1. The zero-order chi connectivity index (χ0) is 14.2. The van der Waals surface area contributed by atoms with Crippen LogP contribution in [0.4, 0.5) is 0 Å². The molecule has 0 atom stereocenters. The molecule has 102 valence electrons. The highest BCUT2D eigenvalue weighted by Crippen LogP contribution is 2.38. The number of pyridine rings is 1. The second kappa shape index (κ2) is 4.75. The first-order valence-electron chi connectivity index (χ1n) is 6.61. The molecule has 0 aliphatic heterocycles. The fourth-order valence-corrected chi connectivity index (χ4v) is 3.27. The third kappa shape index (κ3) is 2.00. The van der Waals surface area contributed by atoms with E-state index in [2.05, 4.69) is 26.8 Å². The molecule has 0 spiro atoms. The van der Waals surface area contributed by atoms with E-state index in [1.165, 1.54) is 0 Å². The maximum Gasteiger partial charge on any atom is 0.137 e. The topological polar surface area (TPSA) is 48.9 Å². The largest absolute Gasteiger partial charge is 0.508 e. The zero-order valence-electron chi connectivity index (χ0n) is 11.1. The van der Waals surface area contributed by atoms with Gasteiger partial charge in [0.1, 0.15) is 11.4 Å². The predicted molar refractivity (Wildman–Crippen MR) is 86.5 cm³/mol. The Balaban J connectivity index is 2.09. The summed E-state index contributed by atoms with van der Waals surface area (Å²) >= 11 is 1.66. The molecule has 0 unspecified atom stereocenters. The zero-order valence-corrected chi connectivity index (χ0v) is 11.9. The smallest absolute Gasteiger partial charge is 0.137 e. The number of aromatic amines is 1. The van der Waals surface area contributed by atoms with Crippen LogP contribution in [0.2, 0.25) is 0 Å². The molecule has 0 fully saturated rings. The summed E-state index contributed by atoms with van der Waals surface area (Å²) < 4.78 is 0. The van der Waals surface area contributed by atoms with Gasteiger partial charge in [0.15, 0.2) is 0 Å². The lowest BCUT2D eigenvalue weighted by Gasteiger charge is -2.10. The number of fused-ring (bicyclic) bond motifs is 1. The van der Waals surface area contributed by atoms with E-state index in [4.69, 9.17) is 0 Å². The van der Waals surface area contributed by atoms with Crippen LogP contribution in [-0.2, 0) is 0 Å². The summed E-state index contributed by atoms with van der Waals surface area (Å²) in [5, 5.41) is 15.0. The Morgan fingerprint density at radius 2 is 2.05 bits per heavy atom. The van der Waals surface area contributed by atoms with Gasteiger partial charge in [-0.25, -0.2) is 4.98 Å². The summed E-state index contributed by atoms with van der Waals surface area (Å²) in [6.45, 7) is 0. The summed E-state index contributed by atoms with van der Waals surface area (Å²) in [5.74, 6) is 0.268. The van der Waals surface area contributed by atoms with Crippen LogP contribution in [0.1, 0.15) is 0 Å². The van der Waals surface area contributed by atoms with Gasteiger partial charge < -0.3 is 10.1 Å². The molecule has 3 aromatic heterocycles. The molecule has 4 aromatic rings. The molecule has 21 heavy (non-hydrogen) atoms. The second-order valence-electron chi connectivity index (χ2n) is 4.85. The Kier molecular flexibility index (Phi) is 2.75. The van der Waals surface area contributed by atoms with Crippen LogP contribution in [0, 0.1) is 0 Å². The van der Waals surface area contributed by atoms with Crippen LogP contribution in [0.25, 0.3) is 33.3 Å². The second-order valence-corrected chi connectivity index (χ2v) is 5.63. The SMILES string of the molecule is Oc1cccc(-c2c(-c3ccsc3)cnc3[nH]ccc23)c1. The van der Waals surface area contributed by atoms with Crippen molar-refractivity contribution in [2.75, 3.05) is 0 Å². The number of aromatic hydroxyl groups is 1. The van der Waals surface area contributed by atoms with Gasteiger partial charge in [0.05, 0.1) is 0 Å². The summed E-state index contributed by atoms with van der Waals surface area (Å²) in [4.78, 5) is 7.64.